The van der Waals surface area contributed by atoms with Gasteiger partial charge < -0.3 is 15.9 Å². The Morgan fingerprint density at radius 3 is 2.15 bits per heavy atom. The predicted molar refractivity (Wildman–Crippen MR) is 46.1 cm³/mol. The smallest absolute Gasteiger partial charge is 0.343 e. The molecule has 0 aromatic heterocycles. The molecule has 0 fully saturated rings. The molecule has 1 atom stereocenters. The van der Waals surface area contributed by atoms with Crippen LogP contribution in [0.15, 0.2) is 0 Å². The van der Waals surface area contributed by atoms with E-state index in [-0.39, 0.29) is 13.0 Å². The molecule has 0 heterocycles. The van der Waals surface area contributed by atoms with Crippen molar-refractivity contribution < 1.29 is 19.8 Å². The van der Waals surface area contributed by atoms with Crippen molar-refractivity contribution >= 4 is 11.8 Å². The lowest BCUT2D eigenvalue weighted by atomic mass is 9.85. The van der Waals surface area contributed by atoms with Crippen LogP contribution in [0.25, 0.3) is 0 Å². The summed E-state index contributed by atoms with van der Waals surface area (Å²) in [7, 11) is 0. The number of Topliss-reactive ketones (excluding diaryl/α,β-unsaturated/α-hetero) is 1. The summed E-state index contributed by atoms with van der Waals surface area (Å²) in [6.07, 6.45) is -0.124. The van der Waals surface area contributed by atoms with Gasteiger partial charge in [-0.05, 0) is 6.54 Å². The normalized spacial score (nSPS) is 15.5. The maximum absolute atomic E-state index is 11.2. The number of hydrogen-bond acceptors (Lipinski definition) is 4. The zero-order valence-corrected chi connectivity index (χ0v) is 7.78. The van der Waals surface area contributed by atoms with Crippen LogP contribution in [0.3, 0.4) is 0 Å². The van der Waals surface area contributed by atoms with Crippen LogP contribution in [0.2, 0.25) is 0 Å². The molecule has 0 amide bonds. The lowest BCUT2D eigenvalue weighted by Crippen LogP contribution is -2.51. The van der Waals surface area contributed by atoms with Crippen LogP contribution >= 0.6 is 0 Å². The molecule has 0 spiro atoms. The maximum Gasteiger partial charge on any atom is 0.343 e. The molecule has 5 nitrogen and oxygen atoms in total. The van der Waals surface area contributed by atoms with E-state index in [9.17, 15) is 14.7 Å². The van der Waals surface area contributed by atoms with E-state index in [1.807, 2.05) is 0 Å². The van der Waals surface area contributed by atoms with Gasteiger partial charge in [-0.25, -0.2) is 4.79 Å². The predicted octanol–water partition coefficient (Wildman–Crippen LogP) is -0.624. The van der Waals surface area contributed by atoms with Gasteiger partial charge in [0.1, 0.15) is 0 Å². The molecule has 0 aliphatic heterocycles. The van der Waals surface area contributed by atoms with Crippen LogP contribution in [0.1, 0.15) is 20.3 Å². The summed E-state index contributed by atoms with van der Waals surface area (Å²) >= 11 is 0. The molecule has 4 N–H and O–H groups in total. The van der Waals surface area contributed by atoms with Crippen molar-refractivity contribution in [3.63, 3.8) is 0 Å². The van der Waals surface area contributed by atoms with Gasteiger partial charge in [-0.1, -0.05) is 13.8 Å². The van der Waals surface area contributed by atoms with E-state index >= 15 is 0 Å². The van der Waals surface area contributed by atoms with E-state index < -0.39 is 23.3 Å². The highest BCUT2D eigenvalue weighted by molar-refractivity contribution is 6.06. The first kappa shape index (κ1) is 12.1. The average Bonchev–Trinajstić information content (AvgIpc) is 2.02. The Bertz CT molecular complexity index is 214. The Morgan fingerprint density at radius 1 is 1.46 bits per heavy atom. The number of carbonyl (C=O) groups is 2. The first-order chi connectivity index (χ1) is 5.87. The van der Waals surface area contributed by atoms with Crippen molar-refractivity contribution in [1.29, 1.82) is 0 Å². The van der Waals surface area contributed by atoms with Gasteiger partial charge in [-0.3, -0.25) is 4.79 Å². The number of carboxylic acids is 1. The Labute approximate surface area is 76.5 Å². The van der Waals surface area contributed by atoms with Crippen molar-refractivity contribution in [2.45, 2.75) is 25.9 Å². The van der Waals surface area contributed by atoms with E-state index in [1.165, 1.54) is 13.8 Å². The molecule has 0 aliphatic rings. The highest BCUT2D eigenvalue weighted by Crippen LogP contribution is 2.19. The topological polar surface area (TPSA) is 101 Å². The molecule has 1 unspecified atom stereocenters. The fourth-order valence-electron chi connectivity index (χ4n) is 1.01. The quantitative estimate of drug-likeness (QED) is 0.500. The van der Waals surface area contributed by atoms with Crippen molar-refractivity contribution in [3.8, 4) is 0 Å². The van der Waals surface area contributed by atoms with Crippen LogP contribution in [-0.2, 0) is 9.59 Å². The highest BCUT2D eigenvalue weighted by atomic mass is 16.4. The third-order valence-electron chi connectivity index (χ3n) is 1.96. The summed E-state index contributed by atoms with van der Waals surface area (Å²) in [5.74, 6) is -2.91. The Balaban J connectivity index is 4.79. The largest absolute Gasteiger partial charge is 0.479 e. The number of carbonyl (C=O) groups excluding carboxylic acids is 1. The van der Waals surface area contributed by atoms with Crippen LogP contribution in [-0.4, -0.2) is 34.1 Å². The second kappa shape index (κ2) is 4.34. The zero-order valence-electron chi connectivity index (χ0n) is 7.78. The molecule has 13 heavy (non-hydrogen) atoms. The monoisotopic (exact) mass is 189 g/mol. The number of hydrogen-bond donors (Lipinski definition) is 3. The fraction of sp³-hybridized carbons (Fsp3) is 0.750. The van der Waals surface area contributed by atoms with E-state index in [1.54, 1.807) is 0 Å². The van der Waals surface area contributed by atoms with E-state index in [0.717, 1.165) is 0 Å². The van der Waals surface area contributed by atoms with Crippen LogP contribution in [0.4, 0.5) is 0 Å². The fourth-order valence-corrected chi connectivity index (χ4v) is 1.01. The maximum atomic E-state index is 11.2. The highest BCUT2D eigenvalue weighted by Gasteiger charge is 2.45. The summed E-state index contributed by atoms with van der Waals surface area (Å²) in [5, 5.41) is 18.2. The Hall–Kier alpha value is -0.940. The van der Waals surface area contributed by atoms with Gasteiger partial charge in [-0.15, -0.1) is 0 Å². The third kappa shape index (κ3) is 2.26. The van der Waals surface area contributed by atoms with E-state index in [2.05, 4.69) is 0 Å². The Morgan fingerprint density at radius 2 is 1.92 bits per heavy atom. The molecule has 0 aromatic rings. The summed E-state index contributed by atoms with van der Waals surface area (Å²) in [6, 6.07) is 0. The summed E-state index contributed by atoms with van der Waals surface area (Å²) < 4.78 is 0. The number of aliphatic hydroxyl groups is 1. The minimum Gasteiger partial charge on any atom is -0.479 e. The molecule has 0 bridgehead atoms. The summed E-state index contributed by atoms with van der Waals surface area (Å²) in [4.78, 5) is 21.9. The molecule has 0 aromatic carbocycles. The minimum absolute atomic E-state index is 0.0428. The molecule has 0 saturated heterocycles. The molecule has 76 valence electrons. The second-order valence-electron chi connectivity index (χ2n) is 3.19. The van der Waals surface area contributed by atoms with Crippen molar-refractivity contribution in [3.05, 3.63) is 0 Å². The first-order valence-electron chi connectivity index (χ1n) is 4.06. The van der Waals surface area contributed by atoms with Gasteiger partial charge in [0.25, 0.3) is 0 Å². The van der Waals surface area contributed by atoms with Crippen LogP contribution in [0, 0.1) is 5.92 Å². The molecular formula is C8H15NO4. The second-order valence-corrected chi connectivity index (χ2v) is 3.19. The van der Waals surface area contributed by atoms with Gasteiger partial charge in [0.05, 0.1) is 0 Å². The zero-order chi connectivity index (χ0) is 10.6. The van der Waals surface area contributed by atoms with Gasteiger partial charge in [0.2, 0.25) is 5.60 Å². The number of nitrogens with two attached hydrogens (primary N) is 1. The van der Waals surface area contributed by atoms with Crippen molar-refractivity contribution in [1.82, 2.24) is 0 Å². The summed E-state index contributed by atoms with van der Waals surface area (Å²) in [5.41, 5.74) is 2.81. The molecule has 0 rings (SSSR count). The van der Waals surface area contributed by atoms with Gasteiger partial charge in [0, 0.05) is 12.3 Å². The molecule has 0 radical (unpaired) electrons. The van der Waals surface area contributed by atoms with Crippen LogP contribution < -0.4 is 5.73 Å². The molecular weight excluding hydrogens is 174 g/mol. The number of rotatable bonds is 5. The Kier molecular flexibility index (Phi) is 4.03. The molecule has 0 aliphatic carbocycles. The van der Waals surface area contributed by atoms with Gasteiger partial charge >= 0.3 is 5.97 Å². The van der Waals surface area contributed by atoms with Crippen LogP contribution in [0.5, 0.6) is 0 Å². The lowest BCUT2D eigenvalue weighted by molar-refractivity contribution is -0.170. The van der Waals surface area contributed by atoms with E-state index in [4.69, 9.17) is 10.8 Å². The van der Waals surface area contributed by atoms with Gasteiger partial charge in [-0.2, -0.15) is 0 Å². The van der Waals surface area contributed by atoms with Crippen molar-refractivity contribution in [2.24, 2.45) is 11.7 Å². The standard InChI is InChI=1S/C8H15NO4/c1-5(2)8(13,7(11)12)6(10)3-4-9/h5,13H,3-4,9H2,1-2H3,(H,11,12). The first-order valence-corrected chi connectivity index (χ1v) is 4.06. The number of carboxylic acid groups (broad SMARTS) is 1. The number of aliphatic carboxylic acids is 1. The van der Waals surface area contributed by atoms with Crippen molar-refractivity contribution in [2.75, 3.05) is 6.54 Å². The minimum atomic E-state index is -2.29. The molecule has 5 heteroatoms. The van der Waals surface area contributed by atoms with Gasteiger partial charge in [0.15, 0.2) is 5.78 Å². The average molecular weight is 189 g/mol. The third-order valence-corrected chi connectivity index (χ3v) is 1.96. The summed E-state index contributed by atoms with van der Waals surface area (Å²) in [6.45, 7) is 2.99. The molecule has 0 saturated carbocycles. The lowest BCUT2D eigenvalue weighted by Gasteiger charge is -2.25. The van der Waals surface area contributed by atoms with E-state index in [0.29, 0.717) is 0 Å². The SMILES string of the molecule is CC(C)C(O)(C(=O)O)C(=O)CCN. The number of ketones is 1.